The average Bonchev–Trinajstić information content (AvgIpc) is 2.49. The van der Waals surface area contributed by atoms with E-state index in [0.29, 0.717) is 0 Å². The number of rotatable bonds is 7. The van der Waals surface area contributed by atoms with E-state index in [1.54, 1.807) is 0 Å². The predicted molar refractivity (Wildman–Crippen MR) is 89.2 cm³/mol. The molecule has 1 saturated heterocycles. The van der Waals surface area contributed by atoms with E-state index in [1.165, 1.54) is 18.4 Å². The van der Waals surface area contributed by atoms with Crippen molar-refractivity contribution in [3.8, 4) is 0 Å². The highest BCUT2D eigenvalue weighted by Crippen LogP contribution is 2.16. The van der Waals surface area contributed by atoms with Crippen molar-refractivity contribution in [2.24, 2.45) is 5.92 Å². The monoisotopic (exact) mass is 288 g/mol. The number of hydrogen-bond acceptors (Lipinski definition) is 3. The van der Waals surface area contributed by atoms with Crippen molar-refractivity contribution in [3.63, 3.8) is 0 Å². The molecule has 1 aromatic carbocycles. The van der Waals surface area contributed by atoms with Crippen molar-refractivity contribution in [3.05, 3.63) is 42.0 Å². The molecule has 21 heavy (non-hydrogen) atoms. The van der Waals surface area contributed by atoms with Gasteiger partial charge in [0.1, 0.15) is 0 Å². The summed E-state index contributed by atoms with van der Waals surface area (Å²) in [6, 6.07) is 10.4. The lowest BCUT2D eigenvalue weighted by atomic mass is 9.96. The summed E-state index contributed by atoms with van der Waals surface area (Å²) < 4.78 is 0. The van der Waals surface area contributed by atoms with Gasteiger partial charge in [-0.15, -0.1) is 0 Å². The van der Waals surface area contributed by atoms with Crippen LogP contribution in [0.3, 0.4) is 0 Å². The Morgan fingerprint density at radius 3 is 2.67 bits per heavy atom. The van der Waals surface area contributed by atoms with E-state index >= 15 is 0 Å². The topological polar surface area (TPSA) is 35.5 Å². The zero-order valence-electron chi connectivity index (χ0n) is 13.0. The Bertz CT molecular complexity index is 408. The molecular weight excluding hydrogens is 260 g/mol. The second-order valence-corrected chi connectivity index (χ2v) is 6.06. The Hall–Kier alpha value is -1.16. The Morgan fingerprint density at radius 1 is 1.29 bits per heavy atom. The van der Waals surface area contributed by atoms with E-state index < -0.39 is 0 Å². The van der Waals surface area contributed by atoms with Crippen molar-refractivity contribution in [1.29, 1.82) is 0 Å². The molecule has 3 heteroatoms. The van der Waals surface area contributed by atoms with Gasteiger partial charge in [0.15, 0.2) is 0 Å². The van der Waals surface area contributed by atoms with Gasteiger partial charge in [-0.05, 0) is 50.9 Å². The summed E-state index contributed by atoms with van der Waals surface area (Å²) >= 11 is 0. The van der Waals surface area contributed by atoms with E-state index in [2.05, 4.69) is 46.6 Å². The Morgan fingerprint density at radius 2 is 2.00 bits per heavy atom. The van der Waals surface area contributed by atoms with E-state index in [9.17, 15) is 5.11 Å². The molecule has 0 unspecified atom stereocenters. The van der Waals surface area contributed by atoms with E-state index in [-0.39, 0.29) is 6.10 Å². The minimum absolute atomic E-state index is 0.206. The number of likely N-dealkylation sites (tertiary alicyclic amines) is 1. The lowest BCUT2D eigenvalue weighted by Crippen LogP contribution is -2.40. The first-order valence-corrected chi connectivity index (χ1v) is 8.07. The summed E-state index contributed by atoms with van der Waals surface area (Å²) in [5.41, 5.74) is 1.26. The average molecular weight is 288 g/mol. The number of hydrogen-bond donors (Lipinski definition) is 2. The fourth-order valence-electron chi connectivity index (χ4n) is 2.88. The molecular formula is C18H28N2O. The van der Waals surface area contributed by atoms with Crippen LogP contribution in [0.1, 0.15) is 25.3 Å². The highest BCUT2D eigenvalue weighted by atomic mass is 16.3. The van der Waals surface area contributed by atoms with Crippen LogP contribution in [-0.4, -0.2) is 48.8 Å². The first kappa shape index (κ1) is 16.2. The van der Waals surface area contributed by atoms with Gasteiger partial charge in [-0.2, -0.15) is 0 Å². The number of aliphatic hydroxyl groups excluding tert-OH is 1. The molecule has 0 saturated carbocycles. The summed E-state index contributed by atoms with van der Waals surface area (Å²) in [5, 5.41) is 12.9. The third-order valence-electron chi connectivity index (χ3n) is 4.03. The molecule has 0 bridgehead atoms. The molecule has 0 spiro atoms. The van der Waals surface area contributed by atoms with Crippen LogP contribution >= 0.6 is 0 Å². The first-order valence-electron chi connectivity index (χ1n) is 8.07. The van der Waals surface area contributed by atoms with Gasteiger partial charge in [-0.1, -0.05) is 42.5 Å². The molecule has 0 amide bonds. The Balaban J connectivity index is 1.57. The zero-order chi connectivity index (χ0) is 14.9. The van der Waals surface area contributed by atoms with Gasteiger partial charge < -0.3 is 15.3 Å². The summed E-state index contributed by atoms with van der Waals surface area (Å²) in [4.78, 5) is 2.37. The standard InChI is InChI=1S/C18H28N2O/c1-16(21)15-20-12-9-18(10-13-20)14-19-11-5-8-17-6-3-2-4-7-17/h2-8,16,18-19,21H,9-15H2,1H3/b8-5-/t16-/m1/s1. The van der Waals surface area contributed by atoms with Gasteiger partial charge in [0.2, 0.25) is 0 Å². The largest absolute Gasteiger partial charge is 0.392 e. The Labute approximate surface area is 128 Å². The molecule has 0 aromatic heterocycles. The number of benzene rings is 1. The SMILES string of the molecule is C[C@@H](O)CN1CCC(CNC/C=C\c2ccccc2)CC1. The smallest absolute Gasteiger partial charge is 0.0639 e. The molecule has 2 rings (SSSR count). The van der Waals surface area contributed by atoms with Gasteiger partial charge in [-0.3, -0.25) is 0 Å². The maximum atomic E-state index is 9.40. The number of piperidine rings is 1. The fraction of sp³-hybridized carbons (Fsp3) is 0.556. The predicted octanol–water partition coefficient (Wildman–Crippen LogP) is 2.38. The van der Waals surface area contributed by atoms with Crippen LogP contribution in [0.15, 0.2) is 36.4 Å². The fourth-order valence-corrected chi connectivity index (χ4v) is 2.88. The normalized spacial score (nSPS) is 19.1. The molecule has 1 heterocycles. The van der Waals surface area contributed by atoms with Crippen molar-refractivity contribution >= 4 is 6.08 Å². The molecule has 1 aliphatic rings. The summed E-state index contributed by atoms with van der Waals surface area (Å²) in [7, 11) is 0. The van der Waals surface area contributed by atoms with E-state index in [4.69, 9.17) is 0 Å². The highest BCUT2D eigenvalue weighted by molar-refractivity contribution is 5.48. The summed E-state index contributed by atoms with van der Waals surface area (Å²) in [5.74, 6) is 0.778. The van der Waals surface area contributed by atoms with Gasteiger partial charge in [-0.25, -0.2) is 0 Å². The molecule has 0 radical (unpaired) electrons. The molecule has 3 nitrogen and oxygen atoms in total. The maximum absolute atomic E-state index is 9.40. The number of β-amino-alcohol motifs (C(OH)–C–C–N with tert-alkyl or cyclic N) is 1. The third-order valence-corrected chi connectivity index (χ3v) is 4.03. The summed E-state index contributed by atoms with van der Waals surface area (Å²) in [6.07, 6.45) is 6.63. The van der Waals surface area contributed by atoms with Crippen LogP contribution in [0.5, 0.6) is 0 Å². The third kappa shape index (κ3) is 6.42. The minimum Gasteiger partial charge on any atom is -0.392 e. The van der Waals surface area contributed by atoms with E-state index in [1.807, 2.05) is 13.0 Å². The number of nitrogens with zero attached hydrogens (tertiary/aromatic N) is 1. The lowest BCUT2D eigenvalue weighted by Gasteiger charge is -2.32. The first-order chi connectivity index (χ1) is 10.2. The zero-order valence-corrected chi connectivity index (χ0v) is 13.0. The van der Waals surface area contributed by atoms with Gasteiger partial charge in [0.05, 0.1) is 6.10 Å². The van der Waals surface area contributed by atoms with Crippen molar-refractivity contribution in [1.82, 2.24) is 10.2 Å². The van der Waals surface area contributed by atoms with Crippen LogP contribution in [0.4, 0.5) is 0 Å². The van der Waals surface area contributed by atoms with Crippen LogP contribution in [0.25, 0.3) is 6.08 Å². The summed E-state index contributed by atoms with van der Waals surface area (Å²) in [6.45, 7) is 6.96. The highest BCUT2D eigenvalue weighted by Gasteiger charge is 2.19. The van der Waals surface area contributed by atoms with Crippen LogP contribution in [0, 0.1) is 5.92 Å². The maximum Gasteiger partial charge on any atom is 0.0639 e. The van der Waals surface area contributed by atoms with Gasteiger partial charge in [0, 0.05) is 13.1 Å². The number of nitrogens with one attached hydrogen (secondary N) is 1. The molecule has 2 N–H and O–H groups in total. The second-order valence-electron chi connectivity index (χ2n) is 6.06. The molecule has 116 valence electrons. The van der Waals surface area contributed by atoms with Gasteiger partial charge >= 0.3 is 0 Å². The Kier molecular flexibility index (Phi) is 6.93. The van der Waals surface area contributed by atoms with Crippen LogP contribution in [-0.2, 0) is 0 Å². The molecule has 1 fully saturated rings. The van der Waals surface area contributed by atoms with Crippen molar-refractivity contribution < 1.29 is 5.11 Å². The lowest BCUT2D eigenvalue weighted by molar-refractivity contribution is 0.100. The van der Waals surface area contributed by atoms with Crippen molar-refractivity contribution in [2.75, 3.05) is 32.7 Å². The molecule has 1 aromatic rings. The van der Waals surface area contributed by atoms with Gasteiger partial charge in [0.25, 0.3) is 0 Å². The van der Waals surface area contributed by atoms with E-state index in [0.717, 1.165) is 38.6 Å². The molecule has 1 aliphatic heterocycles. The van der Waals surface area contributed by atoms with Crippen LogP contribution in [0.2, 0.25) is 0 Å². The van der Waals surface area contributed by atoms with Crippen LogP contribution < -0.4 is 5.32 Å². The minimum atomic E-state index is -0.206. The second kappa shape index (κ2) is 8.98. The molecule has 1 atom stereocenters. The molecule has 0 aliphatic carbocycles. The number of aliphatic hydroxyl groups is 1. The van der Waals surface area contributed by atoms with Crippen molar-refractivity contribution in [2.45, 2.75) is 25.9 Å². The quantitative estimate of drug-likeness (QED) is 0.756.